The Morgan fingerprint density at radius 2 is 2.19 bits per heavy atom. The Kier molecular flexibility index (Phi) is 3.70. The quantitative estimate of drug-likeness (QED) is 0.713. The average Bonchev–Trinajstić information content (AvgIpc) is 2.58. The summed E-state index contributed by atoms with van der Waals surface area (Å²) >= 11 is 0. The van der Waals surface area contributed by atoms with E-state index < -0.39 is 5.54 Å². The van der Waals surface area contributed by atoms with Crippen molar-refractivity contribution in [3.63, 3.8) is 0 Å². The van der Waals surface area contributed by atoms with Crippen LogP contribution >= 0.6 is 0 Å². The Labute approximate surface area is 95.3 Å². The van der Waals surface area contributed by atoms with Crippen molar-refractivity contribution in [2.24, 2.45) is 0 Å². The number of aromatic amines is 1. The zero-order valence-corrected chi connectivity index (χ0v) is 10.2. The molecule has 16 heavy (non-hydrogen) atoms. The van der Waals surface area contributed by atoms with Crippen molar-refractivity contribution >= 4 is 5.91 Å². The monoisotopic (exact) mass is 225 g/mol. The van der Waals surface area contributed by atoms with E-state index in [4.69, 9.17) is 0 Å². The van der Waals surface area contributed by atoms with Crippen molar-refractivity contribution < 1.29 is 9.90 Å². The van der Waals surface area contributed by atoms with Gasteiger partial charge in [0, 0.05) is 5.69 Å². The fraction of sp³-hybridized carbons (Fsp3) is 0.636. The predicted molar refractivity (Wildman–Crippen MR) is 61.3 cm³/mol. The molecule has 1 amide bonds. The lowest BCUT2D eigenvalue weighted by atomic mass is 9.99. The zero-order chi connectivity index (χ0) is 12.3. The highest BCUT2D eigenvalue weighted by Gasteiger charge is 2.26. The fourth-order valence-corrected chi connectivity index (χ4v) is 1.46. The summed E-state index contributed by atoms with van der Waals surface area (Å²) in [4.78, 5) is 12.0. The molecule has 1 heterocycles. The van der Waals surface area contributed by atoms with Crippen molar-refractivity contribution in [1.29, 1.82) is 0 Å². The number of nitrogens with one attached hydrogen (secondary N) is 2. The molecule has 0 fully saturated rings. The first-order valence-corrected chi connectivity index (χ1v) is 5.38. The van der Waals surface area contributed by atoms with E-state index in [9.17, 15) is 9.90 Å². The number of hydrogen-bond acceptors (Lipinski definition) is 3. The van der Waals surface area contributed by atoms with E-state index >= 15 is 0 Å². The third-order valence-corrected chi connectivity index (χ3v) is 2.90. The van der Waals surface area contributed by atoms with Crippen molar-refractivity contribution in [2.45, 2.75) is 39.7 Å². The highest BCUT2D eigenvalue weighted by Crippen LogP contribution is 2.13. The van der Waals surface area contributed by atoms with Gasteiger partial charge < -0.3 is 10.4 Å². The number of rotatable bonds is 4. The molecule has 3 N–H and O–H groups in total. The summed E-state index contributed by atoms with van der Waals surface area (Å²) in [6.45, 7) is 7.24. The Hall–Kier alpha value is -1.36. The lowest BCUT2D eigenvalue weighted by Gasteiger charge is -2.27. The van der Waals surface area contributed by atoms with Gasteiger partial charge in [-0.05, 0) is 27.2 Å². The second-order valence-corrected chi connectivity index (χ2v) is 4.34. The number of aromatic nitrogens is 2. The summed E-state index contributed by atoms with van der Waals surface area (Å²) in [5.74, 6) is -0.192. The van der Waals surface area contributed by atoms with Gasteiger partial charge >= 0.3 is 0 Å². The van der Waals surface area contributed by atoms with Gasteiger partial charge in [-0.2, -0.15) is 5.10 Å². The Morgan fingerprint density at radius 1 is 1.56 bits per heavy atom. The third kappa shape index (κ3) is 2.41. The summed E-state index contributed by atoms with van der Waals surface area (Å²) < 4.78 is 0. The summed E-state index contributed by atoms with van der Waals surface area (Å²) in [6, 6.07) is 0. The SMILES string of the molecule is CCC(C)(CO)NC(=O)c1c(C)n[nH]c1C. The second kappa shape index (κ2) is 4.65. The van der Waals surface area contributed by atoms with Crippen molar-refractivity contribution in [3.8, 4) is 0 Å². The van der Waals surface area contributed by atoms with E-state index in [-0.39, 0.29) is 12.5 Å². The third-order valence-electron chi connectivity index (χ3n) is 2.90. The molecule has 0 aliphatic carbocycles. The van der Waals surface area contributed by atoms with Crippen LogP contribution in [0.4, 0.5) is 0 Å². The number of aryl methyl sites for hydroxylation is 2. The number of amides is 1. The fourth-order valence-electron chi connectivity index (χ4n) is 1.46. The van der Waals surface area contributed by atoms with E-state index in [0.29, 0.717) is 17.7 Å². The summed E-state index contributed by atoms with van der Waals surface area (Å²) in [5.41, 5.74) is 1.40. The standard InChI is InChI=1S/C11H19N3O2/c1-5-11(4,6-15)12-10(16)9-7(2)13-14-8(9)3/h15H,5-6H2,1-4H3,(H,12,16)(H,13,14). The minimum atomic E-state index is -0.576. The first-order valence-electron chi connectivity index (χ1n) is 5.38. The van der Waals surface area contributed by atoms with E-state index in [2.05, 4.69) is 15.5 Å². The number of carbonyl (C=O) groups is 1. The minimum absolute atomic E-state index is 0.0782. The van der Waals surface area contributed by atoms with Gasteiger partial charge in [0.05, 0.1) is 23.4 Å². The molecular weight excluding hydrogens is 206 g/mol. The first kappa shape index (κ1) is 12.7. The van der Waals surface area contributed by atoms with Gasteiger partial charge in [0.25, 0.3) is 5.91 Å². The molecule has 0 radical (unpaired) electrons. The topological polar surface area (TPSA) is 78.0 Å². The van der Waals surface area contributed by atoms with Crippen molar-refractivity contribution in [3.05, 3.63) is 17.0 Å². The maximum atomic E-state index is 12.0. The highest BCUT2D eigenvalue weighted by molar-refractivity contribution is 5.96. The Bertz CT molecular complexity index is 361. The molecule has 0 aromatic carbocycles. The van der Waals surface area contributed by atoms with E-state index in [1.807, 2.05) is 13.8 Å². The first-order chi connectivity index (χ1) is 7.43. The molecule has 1 unspecified atom stereocenters. The molecule has 5 heteroatoms. The maximum absolute atomic E-state index is 12.0. The van der Waals surface area contributed by atoms with Crippen molar-refractivity contribution in [1.82, 2.24) is 15.5 Å². The lowest BCUT2D eigenvalue weighted by molar-refractivity contribution is 0.0846. The largest absolute Gasteiger partial charge is 0.394 e. The summed E-state index contributed by atoms with van der Waals surface area (Å²) in [5, 5.41) is 18.8. The van der Waals surface area contributed by atoms with Crippen LogP contribution in [0.3, 0.4) is 0 Å². The molecule has 0 saturated heterocycles. The van der Waals surface area contributed by atoms with E-state index in [1.165, 1.54) is 0 Å². The summed E-state index contributed by atoms with van der Waals surface area (Å²) in [6.07, 6.45) is 0.672. The smallest absolute Gasteiger partial charge is 0.255 e. The van der Waals surface area contributed by atoms with Gasteiger partial charge in [0.2, 0.25) is 0 Å². The van der Waals surface area contributed by atoms with Crippen LogP contribution in [0, 0.1) is 13.8 Å². The van der Waals surface area contributed by atoms with E-state index in [0.717, 1.165) is 5.69 Å². The molecular formula is C11H19N3O2. The van der Waals surface area contributed by atoms with Gasteiger partial charge in [-0.3, -0.25) is 9.89 Å². The average molecular weight is 225 g/mol. The molecule has 90 valence electrons. The van der Waals surface area contributed by atoms with Crippen LogP contribution in [-0.4, -0.2) is 33.4 Å². The molecule has 5 nitrogen and oxygen atoms in total. The minimum Gasteiger partial charge on any atom is -0.394 e. The molecule has 0 aliphatic heterocycles. The Morgan fingerprint density at radius 3 is 2.56 bits per heavy atom. The van der Waals surface area contributed by atoms with Crippen LogP contribution in [0.25, 0.3) is 0 Å². The number of nitrogens with zero attached hydrogens (tertiary/aromatic N) is 1. The number of aliphatic hydroxyl groups is 1. The molecule has 1 atom stereocenters. The molecule has 1 rings (SSSR count). The lowest BCUT2D eigenvalue weighted by Crippen LogP contribution is -2.48. The number of hydrogen-bond donors (Lipinski definition) is 3. The van der Waals surface area contributed by atoms with Gasteiger partial charge in [0.1, 0.15) is 0 Å². The molecule has 1 aromatic rings. The van der Waals surface area contributed by atoms with Crippen LogP contribution < -0.4 is 5.32 Å². The number of H-pyrrole nitrogens is 1. The normalized spacial score (nSPS) is 14.6. The molecule has 1 aromatic heterocycles. The van der Waals surface area contributed by atoms with Crippen LogP contribution in [0.5, 0.6) is 0 Å². The second-order valence-electron chi connectivity index (χ2n) is 4.34. The summed E-state index contributed by atoms with van der Waals surface area (Å²) in [7, 11) is 0. The molecule has 0 bridgehead atoms. The maximum Gasteiger partial charge on any atom is 0.255 e. The van der Waals surface area contributed by atoms with Gasteiger partial charge in [-0.1, -0.05) is 6.92 Å². The van der Waals surface area contributed by atoms with Crippen LogP contribution in [0.2, 0.25) is 0 Å². The van der Waals surface area contributed by atoms with Crippen LogP contribution in [-0.2, 0) is 0 Å². The number of carbonyl (C=O) groups excluding carboxylic acids is 1. The number of aliphatic hydroxyl groups excluding tert-OH is 1. The van der Waals surface area contributed by atoms with E-state index in [1.54, 1.807) is 13.8 Å². The zero-order valence-electron chi connectivity index (χ0n) is 10.2. The highest BCUT2D eigenvalue weighted by atomic mass is 16.3. The van der Waals surface area contributed by atoms with Gasteiger partial charge in [-0.25, -0.2) is 0 Å². The van der Waals surface area contributed by atoms with Crippen molar-refractivity contribution in [2.75, 3.05) is 6.61 Å². The molecule has 0 aliphatic rings. The van der Waals surface area contributed by atoms with Crippen LogP contribution in [0.1, 0.15) is 42.0 Å². The predicted octanol–water partition coefficient (Wildman–Crippen LogP) is 0.917. The van der Waals surface area contributed by atoms with Gasteiger partial charge in [0.15, 0.2) is 0 Å². The van der Waals surface area contributed by atoms with Crippen LogP contribution in [0.15, 0.2) is 0 Å². The Balaban J connectivity index is 2.88. The molecule has 0 saturated carbocycles. The van der Waals surface area contributed by atoms with Gasteiger partial charge in [-0.15, -0.1) is 0 Å². The molecule has 0 spiro atoms.